The number of hydrogen-bond donors (Lipinski definition) is 0. The summed E-state index contributed by atoms with van der Waals surface area (Å²) >= 11 is 2.02. The van der Waals surface area contributed by atoms with E-state index in [1.807, 2.05) is 11.8 Å². The Kier molecular flexibility index (Phi) is 14.1. The van der Waals surface area contributed by atoms with E-state index in [9.17, 15) is 0 Å². The van der Waals surface area contributed by atoms with Gasteiger partial charge in [-0.1, -0.05) is 104 Å². The fourth-order valence-electron chi connectivity index (χ4n) is 3.19. The lowest BCUT2D eigenvalue weighted by Crippen LogP contribution is -2.00. The SMILES string of the molecule is CCCCCCCCC[C@@H]1N=N[C@H](CCCCCCCCC)S1. The van der Waals surface area contributed by atoms with Crippen molar-refractivity contribution in [2.45, 2.75) is 127 Å². The molecule has 0 spiro atoms. The molecule has 0 aromatic heterocycles. The Balaban J connectivity index is 1.86. The van der Waals surface area contributed by atoms with Gasteiger partial charge in [0.25, 0.3) is 0 Å². The summed E-state index contributed by atoms with van der Waals surface area (Å²) in [5, 5.41) is 9.93. The molecule has 3 heteroatoms. The highest BCUT2D eigenvalue weighted by molar-refractivity contribution is 8.00. The number of nitrogens with zero attached hydrogens (tertiary/aromatic N) is 2. The minimum atomic E-state index is 0.472. The van der Waals surface area contributed by atoms with Crippen molar-refractivity contribution >= 4 is 11.8 Å². The van der Waals surface area contributed by atoms with Crippen LogP contribution in [0.2, 0.25) is 0 Å². The number of azo groups is 1. The van der Waals surface area contributed by atoms with Gasteiger partial charge in [-0.15, -0.1) is 11.8 Å². The van der Waals surface area contributed by atoms with Crippen LogP contribution in [0.25, 0.3) is 0 Å². The number of hydrogen-bond acceptors (Lipinski definition) is 3. The molecule has 1 rings (SSSR count). The van der Waals surface area contributed by atoms with Gasteiger partial charge in [0.1, 0.15) is 10.7 Å². The second-order valence-corrected chi connectivity index (χ2v) is 8.46. The highest BCUT2D eigenvalue weighted by atomic mass is 32.2. The van der Waals surface area contributed by atoms with Crippen molar-refractivity contribution in [2.24, 2.45) is 10.2 Å². The van der Waals surface area contributed by atoms with Gasteiger partial charge in [0.05, 0.1) is 0 Å². The quantitative estimate of drug-likeness (QED) is 0.260. The molecule has 0 amide bonds. The number of thioether (sulfide) groups is 1. The predicted octanol–water partition coefficient (Wildman–Crippen LogP) is 8.12. The highest BCUT2D eigenvalue weighted by Gasteiger charge is 2.21. The summed E-state index contributed by atoms with van der Waals surface area (Å²) in [6.07, 6.45) is 22.0. The Hall–Kier alpha value is -0.0500. The maximum absolute atomic E-state index is 4.49. The van der Waals surface area contributed by atoms with Crippen molar-refractivity contribution in [1.29, 1.82) is 0 Å². The Labute approximate surface area is 149 Å². The first-order valence-electron chi connectivity index (χ1n) is 10.4. The van der Waals surface area contributed by atoms with Gasteiger partial charge in [-0.3, -0.25) is 0 Å². The van der Waals surface area contributed by atoms with Gasteiger partial charge in [0.15, 0.2) is 0 Å². The zero-order chi connectivity index (χ0) is 16.6. The van der Waals surface area contributed by atoms with Crippen LogP contribution in [0, 0.1) is 0 Å². The van der Waals surface area contributed by atoms with E-state index in [1.165, 1.54) is 103 Å². The molecule has 23 heavy (non-hydrogen) atoms. The molecule has 136 valence electrons. The molecule has 0 bridgehead atoms. The molecule has 2 atom stereocenters. The second-order valence-electron chi connectivity index (χ2n) is 7.10. The summed E-state index contributed by atoms with van der Waals surface area (Å²) < 4.78 is 0. The van der Waals surface area contributed by atoms with Gasteiger partial charge in [0.2, 0.25) is 0 Å². The van der Waals surface area contributed by atoms with E-state index in [1.54, 1.807) is 0 Å². The van der Waals surface area contributed by atoms with Crippen LogP contribution in [0.15, 0.2) is 10.2 Å². The number of rotatable bonds is 16. The van der Waals surface area contributed by atoms with Crippen molar-refractivity contribution in [1.82, 2.24) is 0 Å². The molecular formula is C20H40N2S. The van der Waals surface area contributed by atoms with Crippen LogP contribution < -0.4 is 0 Å². The molecule has 0 N–H and O–H groups in total. The molecule has 2 nitrogen and oxygen atoms in total. The van der Waals surface area contributed by atoms with E-state index in [0.717, 1.165) is 0 Å². The van der Waals surface area contributed by atoms with Crippen molar-refractivity contribution < 1.29 is 0 Å². The lowest BCUT2D eigenvalue weighted by Gasteiger charge is -2.08. The van der Waals surface area contributed by atoms with Gasteiger partial charge < -0.3 is 0 Å². The third kappa shape index (κ3) is 12.0. The van der Waals surface area contributed by atoms with Crippen LogP contribution >= 0.6 is 11.8 Å². The smallest absolute Gasteiger partial charge is 0.118 e. The monoisotopic (exact) mass is 340 g/mol. The van der Waals surface area contributed by atoms with E-state index in [0.29, 0.717) is 10.7 Å². The molecular weight excluding hydrogens is 300 g/mol. The van der Waals surface area contributed by atoms with Crippen molar-refractivity contribution in [3.63, 3.8) is 0 Å². The van der Waals surface area contributed by atoms with Crippen molar-refractivity contribution in [3.05, 3.63) is 0 Å². The highest BCUT2D eigenvalue weighted by Crippen LogP contribution is 2.34. The molecule has 1 aliphatic heterocycles. The van der Waals surface area contributed by atoms with Crippen LogP contribution in [0.1, 0.15) is 117 Å². The Morgan fingerprint density at radius 3 is 1.26 bits per heavy atom. The predicted molar refractivity (Wildman–Crippen MR) is 105 cm³/mol. The summed E-state index contributed by atoms with van der Waals surface area (Å²) in [5.41, 5.74) is 0. The molecule has 1 heterocycles. The summed E-state index contributed by atoms with van der Waals surface area (Å²) in [7, 11) is 0. The standard InChI is InChI=1S/C20H40N2S/c1-3-5-7-9-11-13-15-17-19-21-22-20(23-19)18-16-14-12-10-8-6-4-2/h19-20H,3-18H2,1-2H3/t19-,20+. The first kappa shape index (κ1) is 21.0. The van der Waals surface area contributed by atoms with Crippen molar-refractivity contribution in [2.75, 3.05) is 0 Å². The summed E-state index contributed by atoms with van der Waals surface area (Å²) in [6, 6.07) is 0. The normalized spacial score (nSPS) is 20.4. The first-order chi connectivity index (χ1) is 11.4. The third-order valence-electron chi connectivity index (χ3n) is 4.75. The molecule has 0 aliphatic carbocycles. The average Bonchev–Trinajstić information content (AvgIpc) is 3.01. The van der Waals surface area contributed by atoms with E-state index >= 15 is 0 Å². The molecule has 1 aliphatic rings. The zero-order valence-electron chi connectivity index (χ0n) is 15.8. The summed E-state index contributed by atoms with van der Waals surface area (Å²) in [6.45, 7) is 4.57. The number of unbranched alkanes of at least 4 members (excludes halogenated alkanes) is 12. The van der Waals surface area contributed by atoms with E-state index < -0.39 is 0 Å². The fourth-order valence-corrected chi connectivity index (χ4v) is 4.37. The van der Waals surface area contributed by atoms with E-state index in [4.69, 9.17) is 0 Å². The molecule has 0 aromatic carbocycles. The second kappa shape index (κ2) is 15.5. The van der Waals surface area contributed by atoms with Gasteiger partial charge in [0, 0.05) is 0 Å². The average molecular weight is 341 g/mol. The molecule has 0 saturated heterocycles. The fraction of sp³-hybridized carbons (Fsp3) is 1.00. The molecule has 0 unspecified atom stereocenters. The Morgan fingerprint density at radius 2 is 0.870 bits per heavy atom. The van der Waals surface area contributed by atoms with Gasteiger partial charge >= 0.3 is 0 Å². The zero-order valence-corrected chi connectivity index (χ0v) is 16.6. The molecule has 0 radical (unpaired) electrons. The first-order valence-corrected chi connectivity index (χ1v) is 11.4. The Morgan fingerprint density at radius 1 is 0.522 bits per heavy atom. The summed E-state index contributed by atoms with van der Waals surface area (Å²) in [4.78, 5) is 0. The van der Waals surface area contributed by atoms with E-state index in [-0.39, 0.29) is 0 Å². The lowest BCUT2D eigenvalue weighted by molar-refractivity contribution is 0.566. The van der Waals surface area contributed by atoms with Crippen LogP contribution in [-0.2, 0) is 0 Å². The molecule has 0 saturated carbocycles. The lowest BCUT2D eigenvalue weighted by atomic mass is 10.1. The van der Waals surface area contributed by atoms with Crippen LogP contribution in [0.3, 0.4) is 0 Å². The van der Waals surface area contributed by atoms with Crippen LogP contribution in [0.4, 0.5) is 0 Å². The minimum absolute atomic E-state index is 0.472. The van der Waals surface area contributed by atoms with Crippen LogP contribution in [-0.4, -0.2) is 10.7 Å². The summed E-state index contributed by atoms with van der Waals surface area (Å²) in [5.74, 6) is 0. The third-order valence-corrected chi connectivity index (χ3v) is 6.04. The molecule has 0 fully saturated rings. The van der Waals surface area contributed by atoms with Crippen LogP contribution in [0.5, 0.6) is 0 Å². The van der Waals surface area contributed by atoms with Gasteiger partial charge in [-0.05, 0) is 12.8 Å². The maximum Gasteiger partial charge on any atom is 0.118 e. The van der Waals surface area contributed by atoms with Gasteiger partial charge in [-0.2, -0.15) is 10.2 Å². The van der Waals surface area contributed by atoms with E-state index in [2.05, 4.69) is 24.1 Å². The topological polar surface area (TPSA) is 24.7 Å². The van der Waals surface area contributed by atoms with Gasteiger partial charge in [-0.25, -0.2) is 0 Å². The largest absolute Gasteiger partial charge is 0.179 e. The van der Waals surface area contributed by atoms with Crippen molar-refractivity contribution in [3.8, 4) is 0 Å². The molecule has 0 aromatic rings. The Bertz CT molecular complexity index is 255. The minimum Gasteiger partial charge on any atom is -0.179 e. The maximum atomic E-state index is 4.49.